The predicted molar refractivity (Wildman–Crippen MR) is 59.5 cm³/mol. The molecule has 0 radical (unpaired) electrons. The lowest BCUT2D eigenvalue weighted by atomic mass is 10.3. The molecule has 0 bridgehead atoms. The summed E-state index contributed by atoms with van der Waals surface area (Å²) in [4.78, 5) is 15.4. The summed E-state index contributed by atoms with van der Waals surface area (Å²) in [6.45, 7) is 5.21. The molecule has 0 aromatic carbocycles. The van der Waals surface area contributed by atoms with E-state index >= 15 is 0 Å². The van der Waals surface area contributed by atoms with Crippen LogP contribution in [0.1, 0.15) is 11.4 Å². The highest BCUT2D eigenvalue weighted by atomic mass is 35.5. The standard InChI is InChI=1S/C10H15ClN2O2/c1-8-7-9(2)13(10(14)12-8)4-6-15-5-3-11/h7H,3-6H2,1-2H3. The highest BCUT2D eigenvalue weighted by Gasteiger charge is 2.01. The van der Waals surface area contributed by atoms with Crippen molar-refractivity contribution >= 4 is 11.6 Å². The van der Waals surface area contributed by atoms with Gasteiger partial charge in [0.1, 0.15) is 0 Å². The summed E-state index contributed by atoms with van der Waals surface area (Å²) in [5, 5.41) is 0. The Labute approximate surface area is 93.8 Å². The molecule has 0 unspecified atom stereocenters. The van der Waals surface area contributed by atoms with E-state index in [4.69, 9.17) is 16.3 Å². The number of rotatable bonds is 5. The Balaban J connectivity index is 2.65. The minimum Gasteiger partial charge on any atom is -0.378 e. The van der Waals surface area contributed by atoms with Crippen molar-refractivity contribution in [2.75, 3.05) is 19.1 Å². The zero-order valence-electron chi connectivity index (χ0n) is 8.99. The average molecular weight is 231 g/mol. The lowest BCUT2D eigenvalue weighted by Gasteiger charge is -2.09. The number of alkyl halides is 1. The van der Waals surface area contributed by atoms with Crippen LogP contribution in [0.5, 0.6) is 0 Å². The van der Waals surface area contributed by atoms with Crippen LogP contribution in [0, 0.1) is 13.8 Å². The molecule has 0 aliphatic carbocycles. The van der Waals surface area contributed by atoms with Gasteiger partial charge >= 0.3 is 5.69 Å². The second kappa shape index (κ2) is 5.88. The van der Waals surface area contributed by atoms with Gasteiger partial charge in [0.15, 0.2) is 0 Å². The monoisotopic (exact) mass is 230 g/mol. The maximum atomic E-state index is 11.5. The van der Waals surface area contributed by atoms with Crippen molar-refractivity contribution in [1.29, 1.82) is 0 Å². The first-order valence-corrected chi connectivity index (χ1v) is 5.37. The van der Waals surface area contributed by atoms with Gasteiger partial charge < -0.3 is 4.74 Å². The first-order chi connectivity index (χ1) is 7.15. The number of halogens is 1. The average Bonchev–Trinajstić information content (AvgIpc) is 2.15. The summed E-state index contributed by atoms with van der Waals surface area (Å²) < 4.78 is 6.81. The van der Waals surface area contributed by atoms with Crippen molar-refractivity contribution in [3.63, 3.8) is 0 Å². The molecule has 5 heteroatoms. The van der Waals surface area contributed by atoms with Crippen molar-refractivity contribution in [2.45, 2.75) is 20.4 Å². The highest BCUT2D eigenvalue weighted by molar-refractivity contribution is 6.17. The molecule has 0 saturated heterocycles. The van der Waals surface area contributed by atoms with E-state index in [0.717, 1.165) is 11.4 Å². The number of ether oxygens (including phenoxy) is 1. The van der Waals surface area contributed by atoms with Crippen LogP contribution in [0.4, 0.5) is 0 Å². The topological polar surface area (TPSA) is 44.1 Å². The van der Waals surface area contributed by atoms with Crippen LogP contribution in [0.3, 0.4) is 0 Å². The summed E-state index contributed by atoms with van der Waals surface area (Å²) in [5.41, 5.74) is 1.43. The SMILES string of the molecule is Cc1cc(C)n(CCOCCCl)c(=O)n1. The Morgan fingerprint density at radius 1 is 1.47 bits per heavy atom. The molecule has 1 aromatic heterocycles. The molecule has 0 aliphatic heterocycles. The fourth-order valence-electron chi connectivity index (χ4n) is 1.36. The third-order valence-electron chi connectivity index (χ3n) is 2.03. The van der Waals surface area contributed by atoms with Gasteiger partial charge in [-0.05, 0) is 19.9 Å². The Bertz CT molecular complexity index is 376. The maximum Gasteiger partial charge on any atom is 0.348 e. The Kier molecular flexibility index (Phi) is 4.78. The molecule has 1 aromatic rings. The zero-order chi connectivity index (χ0) is 11.3. The van der Waals surface area contributed by atoms with Crippen molar-refractivity contribution in [3.05, 3.63) is 27.9 Å². The highest BCUT2D eigenvalue weighted by Crippen LogP contribution is 1.96. The fourth-order valence-corrected chi connectivity index (χ4v) is 1.47. The normalized spacial score (nSPS) is 10.6. The number of nitrogens with zero attached hydrogens (tertiary/aromatic N) is 2. The number of hydrogen-bond acceptors (Lipinski definition) is 3. The minimum absolute atomic E-state index is 0.220. The quantitative estimate of drug-likeness (QED) is 0.562. The first kappa shape index (κ1) is 12.2. The van der Waals surface area contributed by atoms with Gasteiger partial charge in [-0.15, -0.1) is 11.6 Å². The van der Waals surface area contributed by atoms with Crippen molar-refractivity contribution < 1.29 is 4.74 Å². The molecule has 0 amide bonds. The van der Waals surface area contributed by atoms with Crippen molar-refractivity contribution in [2.24, 2.45) is 0 Å². The Morgan fingerprint density at radius 3 is 2.80 bits per heavy atom. The fraction of sp³-hybridized carbons (Fsp3) is 0.600. The Morgan fingerprint density at radius 2 is 2.20 bits per heavy atom. The van der Waals surface area contributed by atoms with E-state index in [0.29, 0.717) is 25.6 Å². The van der Waals surface area contributed by atoms with Gasteiger partial charge in [-0.3, -0.25) is 4.57 Å². The minimum atomic E-state index is -0.220. The van der Waals surface area contributed by atoms with Crippen molar-refractivity contribution in [3.8, 4) is 0 Å². The molecule has 4 nitrogen and oxygen atoms in total. The smallest absolute Gasteiger partial charge is 0.348 e. The van der Waals surface area contributed by atoms with Crippen LogP contribution >= 0.6 is 11.6 Å². The number of aryl methyl sites for hydroxylation is 2. The third-order valence-corrected chi connectivity index (χ3v) is 2.18. The van der Waals surface area contributed by atoms with Crippen molar-refractivity contribution in [1.82, 2.24) is 9.55 Å². The molecule has 0 spiro atoms. The lowest BCUT2D eigenvalue weighted by Crippen LogP contribution is -2.27. The van der Waals surface area contributed by atoms with E-state index < -0.39 is 0 Å². The van der Waals surface area contributed by atoms with E-state index in [9.17, 15) is 4.79 Å². The number of hydrogen-bond donors (Lipinski definition) is 0. The second-order valence-electron chi connectivity index (χ2n) is 3.27. The van der Waals surface area contributed by atoms with Crippen LogP contribution in [-0.2, 0) is 11.3 Å². The van der Waals surface area contributed by atoms with E-state index in [-0.39, 0.29) is 5.69 Å². The van der Waals surface area contributed by atoms with E-state index in [1.165, 1.54) is 0 Å². The molecule has 1 rings (SSSR count). The maximum absolute atomic E-state index is 11.5. The summed E-state index contributed by atoms with van der Waals surface area (Å²) in [7, 11) is 0. The molecule has 15 heavy (non-hydrogen) atoms. The third kappa shape index (κ3) is 3.64. The number of aromatic nitrogens is 2. The second-order valence-corrected chi connectivity index (χ2v) is 3.65. The molecule has 1 heterocycles. The molecule has 0 saturated carbocycles. The summed E-state index contributed by atoms with van der Waals surface area (Å²) in [5.74, 6) is 0.472. The van der Waals surface area contributed by atoms with Crippen LogP contribution in [0.15, 0.2) is 10.9 Å². The van der Waals surface area contributed by atoms with Gasteiger partial charge in [0, 0.05) is 17.3 Å². The van der Waals surface area contributed by atoms with Crippen LogP contribution in [0.2, 0.25) is 0 Å². The van der Waals surface area contributed by atoms with E-state index in [1.807, 2.05) is 19.9 Å². The molecule has 0 N–H and O–H groups in total. The van der Waals surface area contributed by atoms with Gasteiger partial charge in [0.05, 0.1) is 19.8 Å². The van der Waals surface area contributed by atoms with Gasteiger partial charge in [-0.2, -0.15) is 4.98 Å². The summed E-state index contributed by atoms with van der Waals surface area (Å²) >= 11 is 5.46. The zero-order valence-corrected chi connectivity index (χ0v) is 9.75. The van der Waals surface area contributed by atoms with Gasteiger partial charge in [-0.25, -0.2) is 4.79 Å². The molecule has 0 aliphatic rings. The summed E-state index contributed by atoms with van der Waals surface area (Å²) in [6, 6.07) is 1.88. The molecule has 0 atom stereocenters. The summed E-state index contributed by atoms with van der Waals surface area (Å²) in [6.07, 6.45) is 0. The van der Waals surface area contributed by atoms with Gasteiger partial charge in [-0.1, -0.05) is 0 Å². The largest absolute Gasteiger partial charge is 0.378 e. The van der Waals surface area contributed by atoms with E-state index in [1.54, 1.807) is 4.57 Å². The molecular weight excluding hydrogens is 216 g/mol. The molecule has 84 valence electrons. The first-order valence-electron chi connectivity index (χ1n) is 4.84. The van der Waals surface area contributed by atoms with Crippen LogP contribution < -0.4 is 5.69 Å². The van der Waals surface area contributed by atoms with Crippen LogP contribution in [-0.4, -0.2) is 28.6 Å². The molecule has 0 fully saturated rings. The van der Waals surface area contributed by atoms with Gasteiger partial charge in [0.25, 0.3) is 0 Å². The van der Waals surface area contributed by atoms with Gasteiger partial charge in [0.2, 0.25) is 0 Å². The van der Waals surface area contributed by atoms with E-state index in [2.05, 4.69) is 4.98 Å². The molecular formula is C10H15ClN2O2. The Hall–Kier alpha value is -0.870. The predicted octanol–water partition coefficient (Wildman–Crippen LogP) is 1.12. The van der Waals surface area contributed by atoms with Crippen LogP contribution in [0.25, 0.3) is 0 Å². The lowest BCUT2D eigenvalue weighted by molar-refractivity contribution is 0.139.